The first kappa shape index (κ1) is 19.3. The van der Waals surface area contributed by atoms with Gasteiger partial charge in [0.05, 0.1) is 17.7 Å². The number of aromatic nitrogens is 2. The van der Waals surface area contributed by atoms with Gasteiger partial charge in [0, 0.05) is 18.3 Å². The highest BCUT2D eigenvalue weighted by Gasteiger charge is 2.21. The van der Waals surface area contributed by atoms with Gasteiger partial charge in [-0.05, 0) is 33.2 Å². The second kappa shape index (κ2) is 7.28. The molecule has 0 radical (unpaired) electrons. The zero-order valence-corrected chi connectivity index (χ0v) is 15.6. The van der Waals surface area contributed by atoms with Crippen LogP contribution in [0, 0.1) is 6.92 Å². The Morgan fingerprint density at radius 2 is 1.75 bits per heavy atom. The Bertz CT molecular complexity index is 1120. The molecule has 0 saturated heterocycles. The fourth-order valence-electron chi connectivity index (χ4n) is 2.79. The van der Waals surface area contributed by atoms with E-state index >= 15 is 0 Å². The highest BCUT2D eigenvalue weighted by molar-refractivity contribution is 6.08. The van der Waals surface area contributed by atoms with Crippen molar-refractivity contribution >= 4 is 34.3 Å². The summed E-state index contributed by atoms with van der Waals surface area (Å²) in [5.74, 6) is -2.02. The summed E-state index contributed by atoms with van der Waals surface area (Å²) in [4.78, 5) is 26.3. The molecule has 9 nitrogen and oxygen atoms in total. The predicted octanol–water partition coefficient (Wildman–Crippen LogP) is 1.89. The lowest BCUT2D eigenvalue weighted by Gasteiger charge is -2.12. The Kier molecular flexibility index (Phi) is 5.02. The molecular weight excluding hydrogens is 364 g/mol. The Morgan fingerprint density at radius 3 is 2.39 bits per heavy atom. The molecule has 3 rings (SSSR count). The molecule has 2 aromatic carbocycles. The maximum Gasteiger partial charge on any atom is 0.337 e. The molecule has 0 aliphatic heterocycles. The average molecular weight is 384 g/mol. The first-order chi connectivity index (χ1) is 13.2. The van der Waals surface area contributed by atoms with Crippen molar-refractivity contribution in [3.8, 4) is 17.2 Å². The Labute approximate surface area is 160 Å². The molecule has 0 fully saturated rings. The van der Waals surface area contributed by atoms with Gasteiger partial charge in [-0.3, -0.25) is 4.99 Å². The van der Waals surface area contributed by atoms with Crippen LogP contribution >= 0.6 is 0 Å². The van der Waals surface area contributed by atoms with Gasteiger partial charge >= 0.3 is 5.97 Å². The van der Waals surface area contributed by atoms with Gasteiger partial charge in [-0.15, -0.1) is 0 Å². The molecule has 0 atom stereocenters. The van der Waals surface area contributed by atoms with Gasteiger partial charge < -0.3 is 25.3 Å². The Balaban J connectivity index is 2.33. The third-order valence-corrected chi connectivity index (χ3v) is 4.37. The predicted molar refractivity (Wildman–Crippen MR) is 105 cm³/mol. The summed E-state index contributed by atoms with van der Waals surface area (Å²) >= 11 is 0. The van der Waals surface area contributed by atoms with E-state index in [-0.39, 0.29) is 56.0 Å². The van der Waals surface area contributed by atoms with E-state index in [1.807, 2.05) is 19.0 Å². The van der Waals surface area contributed by atoms with Crippen molar-refractivity contribution in [1.82, 2.24) is 14.9 Å². The summed E-state index contributed by atoms with van der Waals surface area (Å²) in [7, 11) is 3.82. The van der Waals surface area contributed by atoms with E-state index in [2.05, 4.69) is 15.0 Å². The van der Waals surface area contributed by atoms with Crippen molar-refractivity contribution in [1.29, 1.82) is 0 Å². The highest BCUT2D eigenvalue weighted by atomic mass is 16.4. The summed E-state index contributed by atoms with van der Waals surface area (Å²) < 4.78 is 0. The van der Waals surface area contributed by atoms with Crippen LogP contribution in [-0.2, 0) is 0 Å². The van der Waals surface area contributed by atoms with E-state index < -0.39 is 5.97 Å². The zero-order valence-electron chi connectivity index (χ0n) is 15.6. The molecule has 0 amide bonds. The normalized spacial score (nSPS) is 11.9. The number of nitrogens with zero attached hydrogens (tertiary/aromatic N) is 4. The zero-order chi connectivity index (χ0) is 20.6. The van der Waals surface area contributed by atoms with Crippen LogP contribution < -0.4 is 0 Å². The number of aromatic hydroxyl groups is 3. The van der Waals surface area contributed by atoms with E-state index in [1.165, 1.54) is 25.3 Å². The number of carboxylic acids is 1. The molecule has 0 aliphatic rings. The molecule has 9 heteroatoms. The van der Waals surface area contributed by atoms with Crippen LogP contribution in [0.15, 0.2) is 17.1 Å². The molecule has 3 aromatic rings. The van der Waals surface area contributed by atoms with Gasteiger partial charge in [0.2, 0.25) is 0 Å². The smallest absolute Gasteiger partial charge is 0.337 e. The van der Waals surface area contributed by atoms with Crippen molar-refractivity contribution in [2.45, 2.75) is 6.92 Å². The minimum atomic E-state index is -1.24. The molecule has 0 bridgehead atoms. The molecule has 1 heterocycles. The summed E-state index contributed by atoms with van der Waals surface area (Å²) in [5.41, 5.74) is 0.276. The maximum atomic E-state index is 11.5. The van der Waals surface area contributed by atoms with Crippen LogP contribution in [0.25, 0.3) is 22.1 Å². The lowest BCUT2D eigenvalue weighted by Crippen LogP contribution is -2.15. The molecule has 1 aromatic heterocycles. The number of hydrogen-bond donors (Lipinski definition) is 4. The third kappa shape index (κ3) is 3.27. The lowest BCUT2D eigenvalue weighted by molar-refractivity contribution is 0.0699. The molecule has 0 aliphatic carbocycles. The summed E-state index contributed by atoms with van der Waals surface area (Å²) in [5, 5.41) is 40.4. The van der Waals surface area contributed by atoms with Gasteiger partial charge in [-0.2, -0.15) is 0 Å². The van der Waals surface area contributed by atoms with Crippen molar-refractivity contribution in [2.75, 3.05) is 27.2 Å². The molecule has 0 saturated carbocycles. The Morgan fingerprint density at radius 1 is 1.07 bits per heavy atom. The van der Waals surface area contributed by atoms with Crippen LogP contribution in [0.4, 0.5) is 0 Å². The van der Waals surface area contributed by atoms with Crippen LogP contribution in [-0.4, -0.2) is 74.7 Å². The molecule has 0 unspecified atom stereocenters. The second-order valence-corrected chi connectivity index (χ2v) is 6.63. The minimum Gasteiger partial charge on any atom is -0.507 e. The molecule has 146 valence electrons. The largest absolute Gasteiger partial charge is 0.507 e. The molecule has 0 spiro atoms. The summed E-state index contributed by atoms with van der Waals surface area (Å²) in [6.45, 7) is 2.68. The van der Waals surface area contributed by atoms with E-state index in [0.717, 1.165) is 0 Å². The van der Waals surface area contributed by atoms with Gasteiger partial charge in [-0.1, -0.05) is 0 Å². The van der Waals surface area contributed by atoms with Crippen LogP contribution in [0.3, 0.4) is 0 Å². The summed E-state index contributed by atoms with van der Waals surface area (Å²) in [6.07, 6.45) is 1.44. The van der Waals surface area contributed by atoms with Crippen LogP contribution in [0.2, 0.25) is 0 Å². The van der Waals surface area contributed by atoms with Gasteiger partial charge in [0.1, 0.15) is 39.3 Å². The first-order valence-corrected chi connectivity index (χ1v) is 8.48. The average Bonchev–Trinajstić information content (AvgIpc) is 2.64. The van der Waals surface area contributed by atoms with Crippen LogP contribution in [0.1, 0.15) is 21.5 Å². The van der Waals surface area contributed by atoms with Crippen LogP contribution in [0.5, 0.6) is 17.2 Å². The van der Waals surface area contributed by atoms with Gasteiger partial charge in [0.15, 0.2) is 0 Å². The van der Waals surface area contributed by atoms with Crippen molar-refractivity contribution in [2.24, 2.45) is 4.99 Å². The van der Waals surface area contributed by atoms with E-state index in [0.29, 0.717) is 13.1 Å². The fourth-order valence-corrected chi connectivity index (χ4v) is 2.79. The van der Waals surface area contributed by atoms with Crippen molar-refractivity contribution in [3.63, 3.8) is 0 Å². The number of phenols is 3. The number of phenolic OH excluding ortho intramolecular Hbond substituents is 3. The number of aliphatic imine (C=N–C) groups is 1. The van der Waals surface area contributed by atoms with Gasteiger partial charge in [0.25, 0.3) is 0 Å². The van der Waals surface area contributed by atoms with E-state index in [4.69, 9.17) is 0 Å². The fraction of sp³-hybridized carbons (Fsp3) is 0.263. The summed E-state index contributed by atoms with van der Waals surface area (Å²) in [6, 6.07) is 2.43. The number of aromatic carboxylic acids is 1. The standard InChI is InChI=1S/C19H20N4O5/c1-9-17(25)11(8-20-6-7-23(2)3)14-16(18(9)26)22-13-10(19(27)28)4-5-12(24)15(13)21-14/h4-5,8,24-26H,6-7H2,1-3H3,(H,27,28). The minimum absolute atomic E-state index is 0.0185. The SMILES string of the molecule is Cc1c(O)c(C=NCCN(C)C)c2nc3c(O)ccc(C(=O)O)c3nc2c1O. The van der Waals surface area contributed by atoms with E-state index in [1.54, 1.807) is 0 Å². The molecule has 4 N–H and O–H groups in total. The number of fused-ring (bicyclic) bond motifs is 2. The monoisotopic (exact) mass is 384 g/mol. The molecular formula is C19H20N4O5. The highest BCUT2D eigenvalue weighted by Crippen LogP contribution is 2.38. The second-order valence-electron chi connectivity index (χ2n) is 6.63. The van der Waals surface area contributed by atoms with E-state index in [9.17, 15) is 25.2 Å². The quantitative estimate of drug-likeness (QED) is 0.386. The number of carboxylic acid groups (broad SMARTS) is 1. The number of carbonyl (C=O) groups is 1. The topological polar surface area (TPSA) is 139 Å². The number of hydrogen-bond acceptors (Lipinski definition) is 8. The van der Waals surface area contributed by atoms with Crippen molar-refractivity contribution < 1.29 is 25.2 Å². The van der Waals surface area contributed by atoms with Crippen molar-refractivity contribution in [3.05, 3.63) is 28.8 Å². The first-order valence-electron chi connectivity index (χ1n) is 8.48. The van der Waals surface area contributed by atoms with Gasteiger partial charge in [-0.25, -0.2) is 14.8 Å². The number of benzene rings is 2. The lowest BCUT2D eigenvalue weighted by atomic mass is 10.0. The number of likely N-dealkylation sites (N-methyl/N-ethyl adjacent to an activating group) is 1. The third-order valence-electron chi connectivity index (χ3n) is 4.37. The Hall–Kier alpha value is -3.46. The molecule has 28 heavy (non-hydrogen) atoms. The number of rotatable bonds is 5. The maximum absolute atomic E-state index is 11.5.